The van der Waals surface area contributed by atoms with E-state index in [1.54, 1.807) is 18.5 Å². The first-order chi connectivity index (χ1) is 7.20. The Morgan fingerprint density at radius 3 is 2.80 bits per heavy atom. The number of nitrogens with zero attached hydrogens (tertiary/aromatic N) is 1. The highest BCUT2D eigenvalue weighted by molar-refractivity contribution is 5.85. The number of pyridine rings is 1. The van der Waals surface area contributed by atoms with Gasteiger partial charge in [0.2, 0.25) is 0 Å². The second kappa shape index (κ2) is 5.93. The van der Waals surface area contributed by atoms with Crippen LogP contribution in [0.1, 0.15) is 12.5 Å². The third kappa shape index (κ3) is 4.37. The second-order valence-corrected chi connectivity index (χ2v) is 3.06. The molecule has 0 amide bonds. The first-order valence-electron chi connectivity index (χ1n) is 4.57. The van der Waals surface area contributed by atoms with Crippen molar-refractivity contribution in [2.75, 3.05) is 6.61 Å². The standard InChI is InChI=1S/C11H13NO3/c1-9(11(13)14)4-7-15-8-10-2-5-12-6-3-10/h2-6H,7-8H2,1H3,(H,13,14)/b9-4-. The third-order valence-electron chi connectivity index (χ3n) is 1.86. The highest BCUT2D eigenvalue weighted by atomic mass is 16.5. The SMILES string of the molecule is C/C(=C/COCc1ccncc1)C(=O)O. The van der Waals surface area contributed by atoms with Gasteiger partial charge in [-0.25, -0.2) is 4.79 Å². The summed E-state index contributed by atoms with van der Waals surface area (Å²) < 4.78 is 5.27. The number of rotatable bonds is 5. The molecule has 80 valence electrons. The van der Waals surface area contributed by atoms with E-state index in [0.29, 0.717) is 18.8 Å². The van der Waals surface area contributed by atoms with Gasteiger partial charge in [-0.05, 0) is 30.7 Å². The molecule has 4 heteroatoms. The van der Waals surface area contributed by atoms with Gasteiger partial charge in [0.05, 0.1) is 13.2 Å². The van der Waals surface area contributed by atoms with Crippen LogP contribution < -0.4 is 0 Å². The minimum atomic E-state index is -0.914. The molecule has 0 aliphatic heterocycles. The van der Waals surface area contributed by atoms with Gasteiger partial charge in [0.1, 0.15) is 0 Å². The summed E-state index contributed by atoms with van der Waals surface area (Å²) in [6.45, 7) is 2.31. The number of ether oxygens (including phenoxy) is 1. The number of hydrogen-bond donors (Lipinski definition) is 1. The summed E-state index contributed by atoms with van der Waals surface area (Å²) in [5.41, 5.74) is 1.32. The van der Waals surface area contributed by atoms with E-state index >= 15 is 0 Å². The Morgan fingerprint density at radius 1 is 1.53 bits per heavy atom. The van der Waals surface area contributed by atoms with Crippen LogP contribution in [0, 0.1) is 0 Å². The van der Waals surface area contributed by atoms with Crippen molar-refractivity contribution in [3.63, 3.8) is 0 Å². The highest BCUT2D eigenvalue weighted by Gasteiger charge is 1.97. The minimum Gasteiger partial charge on any atom is -0.478 e. The number of carboxylic acids is 1. The van der Waals surface area contributed by atoms with Gasteiger partial charge in [-0.1, -0.05) is 0 Å². The Bertz CT molecular complexity index is 346. The largest absolute Gasteiger partial charge is 0.478 e. The van der Waals surface area contributed by atoms with Crippen LogP contribution in [0.3, 0.4) is 0 Å². The number of carboxylic acid groups (broad SMARTS) is 1. The summed E-state index contributed by atoms with van der Waals surface area (Å²) in [6, 6.07) is 3.71. The first kappa shape index (κ1) is 11.4. The molecular weight excluding hydrogens is 194 g/mol. The Morgan fingerprint density at radius 2 is 2.20 bits per heavy atom. The number of carbonyl (C=O) groups is 1. The quantitative estimate of drug-likeness (QED) is 0.589. The summed E-state index contributed by atoms with van der Waals surface area (Å²) in [5, 5.41) is 8.57. The fourth-order valence-corrected chi connectivity index (χ4v) is 0.927. The van der Waals surface area contributed by atoms with Crippen LogP contribution in [0.5, 0.6) is 0 Å². The van der Waals surface area contributed by atoms with E-state index in [1.807, 2.05) is 12.1 Å². The molecular formula is C11H13NO3. The molecule has 0 atom stereocenters. The smallest absolute Gasteiger partial charge is 0.331 e. The molecule has 15 heavy (non-hydrogen) atoms. The monoisotopic (exact) mass is 207 g/mol. The predicted molar refractivity (Wildman–Crippen MR) is 55.3 cm³/mol. The molecule has 4 nitrogen and oxygen atoms in total. The molecule has 0 unspecified atom stereocenters. The van der Waals surface area contributed by atoms with E-state index < -0.39 is 5.97 Å². The van der Waals surface area contributed by atoms with Gasteiger partial charge in [-0.15, -0.1) is 0 Å². The molecule has 1 heterocycles. The lowest BCUT2D eigenvalue weighted by Crippen LogP contribution is -1.99. The molecule has 0 spiro atoms. The van der Waals surface area contributed by atoms with Crippen molar-refractivity contribution in [3.05, 3.63) is 41.7 Å². The summed E-state index contributed by atoms with van der Waals surface area (Å²) >= 11 is 0. The molecule has 1 rings (SSSR count). The fourth-order valence-electron chi connectivity index (χ4n) is 0.927. The van der Waals surface area contributed by atoms with Crippen molar-refractivity contribution in [2.45, 2.75) is 13.5 Å². The lowest BCUT2D eigenvalue weighted by molar-refractivity contribution is -0.132. The Balaban J connectivity index is 2.29. The van der Waals surface area contributed by atoms with Gasteiger partial charge in [-0.2, -0.15) is 0 Å². The maximum Gasteiger partial charge on any atom is 0.331 e. The number of hydrogen-bond acceptors (Lipinski definition) is 3. The molecule has 0 saturated heterocycles. The molecule has 0 saturated carbocycles. The van der Waals surface area contributed by atoms with Crippen molar-refractivity contribution in [1.29, 1.82) is 0 Å². The van der Waals surface area contributed by atoms with Crippen LogP contribution in [0.4, 0.5) is 0 Å². The molecule has 0 aliphatic carbocycles. The molecule has 0 aromatic carbocycles. The van der Waals surface area contributed by atoms with Crippen molar-refractivity contribution in [2.24, 2.45) is 0 Å². The maximum absolute atomic E-state index is 10.4. The van der Waals surface area contributed by atoms with Crippen LogP contribution >= 0.6 is 0 Å². The van der Waals surface area contributed by atoms with Gasteiger partial charge in [0.15, 0.2) is 0 Å². The maximum atomic E-state index is 10.4. The van der Waals surface area contributed by atoms with E-state index in [1.165, 1.54) is 6.92 Å². The summed E-state index contributed by atoms with van der Waals surface area (Å²) in [5.74, 6) is -0.914. The number of aliphatic carboxylic acids is 1. The predicted octanol–water partition coefficient (Wildman–Crippen LogP) is 1.63. The van der Waals surface area contributed by atoms with Crippen molar-refractivity contribution < 1.29 is 14.6 Å². The van der Waals surface area contributed by atoms with Gasteiger partial charge in [-0.3, -0.25) is 4.98 Å². The second-order valence-electron chi connectivity index (χ2n) is 3.06. The van der Waals surface area contributed by atoms with Crippen LogP contribution in [0.2, 0.25) is 0 Å². The zero-order chi connectivity index (χ0) is 11.1. The molecule has 0 radical (unpaired) electrons. The van der Waals surface area contributed by atoms with E-state index in [4.69, 9.17) is 9.84 Å². The van der Waals surface area contributed by atoms with E-state index in [0.717, 1.165) is 5.56 Å². The van der Waals surface area contributed by atoms with Crippen LogP contribution in [-0.4, -0.2) is 22.7 Å². The molecule has 0 bridgehead atoms. The highest BCUT2D eigenvalue weighted by Crippen LogP contribution is 1.99. The normalized spacial score (nSPS) is 11.4. The van der Waals surface area contributed by atoms with Crippen molar-refractivity contribution in [1.82, 2.24) is 4.98 Å². The van der Waals surface area contributed by atoms with Crippen LogP contribution in [-0.2, 0) is 16.1 Å². The molecule has 1 N–H and O–H groups in total. The minimum absolute atomic E-state index is 0.296. The van der Waals surface area contributed by atoms with E-state index in [9.17, 15) is 4.79 Å². The van der Waals surface area contributed by atoms with Gasteiger partial charge < -0.3 is 9.84 Å². The van der Waals surface area contributed by atoms with Gasteiger partial charge in [0, 0.05) is 18.0 Å². The zero-order valence-corrected chi connectivity index (χ0v) is 8.51. The average Bonchev–Trinajstić information content (AvgIpc) is 2.25. The zero-order valence-electron chi connectivity index (χ0n) is 8.51. The lowest BCUT2D eigenvalue weighted by Gasteiger charge is -2.00. The van der Waals surface area contributed by atoms with Crippen LogP contribution in [0.15, 0.2) is 36.2 Å². The summed E-state index contributed by atoms with van der Waals surface area (Å²) in [4.78, 5) is 14.3. The molecule has 1 aromatic rings. The summed E-state index contributed by atoms with van der Waals surface area (Å²) in [6.07, 6.45) is 4.93. The molecule has 0 aliphatic rings. The fraction of sp³-hybridized carbons (Fsp3) is 0.273. The van der Waals surface area contributed by atoms with Gasteiger partial charge in [0.25, 0.3) is 0 Å². The average molecular weight is 207 g/mol. The number of aromatic nitrogens is 1. The molecule has 0 fully saturated rings. The Kier molecular flexibility index (Phi) is 4.50. The summed E-state index contributed by atoms with van der Waals surface area (Å²) in [7, 11) is 0. The van der Waals surface area contributed by atoms with Crippen molar-refractivity contribution >= 4 is 5.97 Å². The van der Waals surface area contributed by atoms with Gasteiger partial charge >= 0.3 is 5.97 Å². The molecule has 1 aromatic heterocycles. The van der Waals surface area contributed by atoms with Crippen LogP contribution in [0.25, 0.3) is 0 Å². The Hall–Kier alpha value is -1.68. The van der Waals surface area contributed by atoms with Crippen molar-refractivity contribution in [3.8, 4) is 0 Å². The topological polar surface area (TPSA) is 59.4 Å². The van der Waals surface area contributed by atoms with E-state index in [-0.39, 0.29) is 0 Å². The lowest BCUT2D eigenvalue weighted by atomic mass is 10.3. The van der Waals surface area contributed by atoms with E-state index in [2.05, 4.69) is 4.98 Å². The first-order valence-corrected chi connectivity index (χ1v) is 4.57. The Labute approximate surface area is 88.2 Å². The third-order valence-corrected chi connectivity index (χ3v) is 1.86.